The number of anilines is 1. The molecule has 5 nitrogen and oxygen atoms in total. The van der Waals surface area contributed by atoms with Crippen LogP contribution in [0.1, 0.15) is 18.9 Å². The highest BCUT2D eigenvalue weighted by molar-refractivity contribution is 5.95. The fourth-order valence-electron chi connectivity index (χ4n) is 2.77. The average Bonchev–Trinajstić information content (AvgIpc) is 3.06. The number of rotatable bonds is 6. The van der Waals surface area contributed by atoms with E-state index in [1.54, 1.807) is 19.1 Å². The van der Waals surface area contributed by atoms with E-state index in [1.807, 2.05) is 41.1 Å². The van der Waals surface area contributed by atoms with E-state index in [0.29, 0.717) is 17.8 Å². The molecule has 0 saturated heterocycles. The Morgan fingerprint density at radius 3 is 2.74 bits per heavy atom. The van der Waals surface area contributed by atoms with Crippen LogP contribution in [0.5, 0.6) is 0 Å². The van der Waals surface area contributed by atoms with Crippen LogP contribution in [-0.2, 0) is 20.9 Å². The quantitative estimate of drug-likeness (QED) is 0.668. The molecule has 1 N–H and O–H groups in total. The number of carbonyl (C=O) groups excluding carboxylic acids is 2. The summed E-state index contributed by atoms with van der Waals surface area (Å²) in [5, 5.41) is 3.65. The highest BCUT2D eigenvalue weighted by Gasteiger charge is 2.18. The average molecular weight is 368 g/mol. The van der Waals surface area contributed by atoms with E-state index in [-0.39, 0.29) is 6.42 Å². The zero-order valence-electron chi connectivity index (χ0n) is 15.2. The first-order chi connectivity index (χ1) is 12.9. The van der Waals surface area contributed by atoms with Crippen LogP contribution in [0, 0.1) is 12.7 Å². The van der Waals surface area contributed by atoms with Crippen molar-refractivity contribution in [3.05, 3.63) is 66.1 Å². The van der Waals surface area contributed by atoms with Crippen molar-refractivity contribution < 1.29 is 18.7 Å². The van der Waals surface area contributed by atoms with E-state index in [0.717, 1.165) is 10.9 Å². The summed E-state index contributed by atoms with van der Waals surface area (Å²) in [6.45, 7) is 3.59. The molecular weight excluding hydrogens is 347 g/mol. The largest absolute Gasteiger partial charge is 0.452 e. The minimum Gasteiger partial charge on any atom is -0.452 e. The second-order valence-corrected chi connectivity index (χ2v) is 6.40. The van der Waals surface area contributed by atoms with Gasteiger partial charge >= 0.3 is 5.97 Å². The van der Waals surface area contributed by atoms with Gasteiger partial charge in [0.25, 0.3) is 5.91 Å². The van der Waals surface area contributed by atoms with Crippen molar-refractivity contribution in [2.24, 2.45) is 0 Å². The molecular formula is C21H21FN2O3. The first-order valence-electron chi connectivity index (χ1n) is 8.74. The molecule has 1 heterocycles. The Hall–Kier alpha value is -3.15. The van der Waals surface area contributed by atoms with E-state index in [1.165, 1.54) is 13.0 Å². The molecule has 140 valence electrons. The summed E-state index contributed by atoms with van der Waals surface area (Å²) in [7, 11) is 0. The Labute approximate surface area is 156 Å². The number of fused-ring (bicyclic) bond motifs is 1. The van der Waals surface area contributed by atoms with Crippen LogP contribution in [0.4, 0.5) is 10.1 Å². The number of nitrogens with one attached hydrogen (secondary N) is 1. The molecule has 3 rings (SSSR count). The van der Waals surface area contributed by atoms with Crippen molar-refractivity contribution in [2.45, 2.75) is 32.9 Å². The van der Waals surface area contributed by atoms with E-state index >= 15 is 0 Å². The van der Waals surface area contributed by atoms with Gasteiger partial charge in [0, 0.05) is 23.9 Å². The Balaban J connectivity index is 1.52. The molecule has 0 radical (unpaired) electrons. The summed E-state index contributed by atoms with van der Waals surface area (Å²) >= 11 is 0. The van der Waals surface area contributed by atoms with Crippen molar-refractivity contribution >= 4 is 28.5 Å². The number of amides is 1. The number of esters is 1. The van der Waals surface area contributed by atoms with Crippen LogP contribution in [0.2, 0.25) is 0 Å². The number of nitrogens with zero attached hydrogens (tertiary/aromatic N) is 1. The molecule has 2 aromatic carbocycles. The lowest BCUT2D eigenvalue weighted by molar-refractivity contribution is -0.153. The van der Waals surface area contributed by atoms with Crippen LogP contribution in [0.25, 0.3) is 10.9 Å². The topological polar surface area (TPSA) is 60.3 Å². The number of aryl methyl sites for hydroxylation is 2. The molecule has 0 aliphatic carbocycles. The molecule has 1 unspecified atom stereocenters. The second-order valence-electron chi connectivity index (χ2n) is 6.40. The van der Waals surface area contributed by atoms with Crippen LogP contribution >= 0.6 is 0 Å². The molecule has 1 aromatic heterocycles. The summed E-state index contributed by atoms with van der Waals surface area (Å²) in [6, 6.07) is 14.3. The normalized spacial score (nSPS) is 12.0. The molecule has 1 atom stereocenters. The summed E-state index contributed by atoms with van der Waals surface area (Å²) in [5.41, 5.74) is 1.85. The first kappa shape index (κ1) is 18.6. The standard InChI is InChI=1S/C21H21FN2O3/c1-14-7-8-17(13-18(14)22)23-21(26)15(2)27-20(25)10-12-24-11-9-16-5-3-4-6-19(16)24/h3-9,11,13,15H,10,12H2,1-2H3,(H,23,26). The molecule has 0 bridgehead atoms. The van der Waals surface area contributed by atoms with Gasteiger partial charge in [-0.3, -0.25) is 9.59 Å². The highest BCUT2D eigenvalue weighted by atomic mass is 19.1. The number of benzene rings is 2. The monoisotopic (exact) mass is 368 g/mol. The number of halogens is 1. The maximum atomic E-state index is 13.5. The van der Waals surface area contributed by atoms with Gasteiger partial charge in [0.1, 0.15) is 5.82 Å². The minimum atomic E-state index is -0.969. The molecule has 0 saturated carbocycles. The summed E-state index contributed by atoms with van der Waals surface area (Å²) < 4.78 is 20.7. The van der Waals surface area contributed by atoms with Gasteiger partial charge in [-0.2, -0.15) is 0 Å². The van der Waals surface area contributed by atoms with E-state index in [2.05, 4.69) is 5.32 Å². The Morgan fingerprint density at radius 2 is 1.96 bits per heavy atom. The maximum absolute atomic E-state index is 13.5. The van der Waals surface area contributed by atoms with E-state index < -0.39 is 23.8 Å². The van der Waals surface area contributed by atoms with Gasteiger partial charge in [0.05, 0.1) is 6.42 Å². The van der Waals surface area contributed by atoms with Crippen LogP contribution < -0.4 is 5.32 Å². The van der Waals surface area contributed by atoms with Crippen molar-refractivity contribution in [1.82, 2.24) is 4.57 Å². The van der Waals surface area contributed by atoms with E-state index in [9.17, 15) is 14.0 Å². The lowest BCUT2D eigenvalue weighted by Crippen LogP contribution is -2.30. The Kier molecular flexibility index (Phi) is 5.54. The zero-order chi connectivity index (χ0) is 19.4. The minimum absolute atomic E-state index is 0.148. The third-order valence-electron chi connectivity index (χ3n) is 4.35. The van der Waals surface area contributed by atoms with Crippen LogP contribution in [0.3, 0.4) is 0 Å². The fourth-order valence-corrected chi connectivity index (χ4v) is 2.77. The Bertz CT molecular complexity index is 980. The van der Waals surface area contributed by atoms with Gasteiger partial charge in [-0.05, 0) is 49.1 Å². The van der Waals surface area contributed by atoms with Crippen LogP contribution in [0.15, 0.2) is 54.7 Å². The highest BCUT2D eigenvalue weighted by Crippen LogP contribution is 2.16. The smallest absolute Gasteiger partial charge is 0.308 e. The van der Waals surface area contributed by atoms with Gasteiger partial charge in [-0.25, -0.2) is 4.39 Å². The zero-order valence-corrected chi connectivity index (χ0v) is 15.2. The van der Waals surface area contributed by atoms with Gasteiger partial charge in [-0.15, -0.1) is 0 Å². The van der Waals surface area contributed by atoms with Crippen molar-refractivity contribution in [3.8, 4) is 0 Å². The van der Waals surface area contributed by atoms with Gasteiger partial charge in [0.2, 0.25) is 0 Å². The Morgan fingerprint density at radius 1 is 1.19 bits per heavy atom. The van der Waals surface area contributed by atoms with Gasteiger partial charge in [0.15, 0.2) is 6.10 Å². The number of carbonyl (C=O) groups is 2. The molecule has 0 aliphatic rings. The molecule has 1 amide bonds. The van der Waals surface area contributed by atoms with Crippen molar-refractivity contribution in [3.63, 3.8) is 0 Å². The SMILES string of the molecule is Cc1ccc(NC(=O)C(C)OC(=O)CCn2ccc3ccccc32)cc1F. The number of hydrogen-bond donors (Lipinski definition) is 1. The summed E-state index contributed by atoms with van der Waals surface area (Å²) in [5.74, 6) is -1.38. The number of para-hydroxylation sites is 1. The third-order valence-corrected chi connectivity index (χ3v) is 4.35. The predicted octanol–water partition coefficient (Wildman–Crippen LogP) is 4.05. The molecule has 27 heavy (non-hydrogen) atoms. The molecule has 0 spiro atoms. The molecule has 0 fully saturated rings. The molecule has 3 aromatic rings. The summed E-state index contributed by atoms with van der Waals surface area (Å²) in [6.07, 6.45) is 1.10. The fraction of sp³-hybridized carbons (Fsp3) is 0.238. The predicted molar refractivity (Wildman–Crippen MR) is 102 cm³/mol. The van der Waals surface area contributed by atoms with E-state index in [4.69, 9.17) is 4.74 Å². The van der Waals surface area contributed by atoms with Crippen molar-refractivity contribution in [2.75, 3.05) is 5.32 Å². The third kappa shape index (κ3) is 4.53. The molecule has 6 heteroatoms. The number of aromatic nitrogens is 1. The van der Waals surface area contributed by atoms with Gasteiger partial charge < -0.3 is 14.6 Å². The van der Waals surface area contributed by atoms with Gasteiger partial charge in [-0.1, -0.05) is 24.3 Å². The second kappa shape index (κ2) is 8.03. The lowest BCUT2D eigenvalue weighted by Gasteiger charge is -2.14. The summed E-state index contributed by atoms with van der Waals surface area (Å²) in [4.78, 5) is 24.2. The first-order valence-corrected chi connectivity index (χ1v) is 8.74. The maximum Gasteiger partial charge on any atom is 0.308 e. The lowest BCUT2D eigenvalue weighted by atomic mass is 10.2. The number of ether oxygens (including phenoxy) is 1. The number of hydrogen-bond acceptors (Lipinski definition) is 3. The molecule has 0 aliphatic heterocycles. The van der Waals surface area contributed by atoms with Crippen LogP contribution in [-0.4, -0.2) is 22.5 Å². The van der Waals surface area contributed by atoms with Crippen molar-refractivity contribution in [1.29, 1.82) is 0 Å².